The van der Waals surface area contributed by atoms with Gasteiger partial charge in [0.2, 0.25) is 0 Å². The summed E-state index contributed by atoms with van der Waals surface area (Å²) in [4.78, 5) is 11.9. The highest BCUT2D eigenvalue weighted by Gasteiger charge is 2.06. The highest BCUT2D eigenvalue weighted by Crippen LogP contribution is 2.28. The van der Waals surface area contributed by atoms with E-state index in [2.05, 4.69) is 26.5 Å². The zero-order valence-corrected chi connectivity index (χ0v) is 15.7. The van der Waals surface area contributed by atoms with Crippen molar-refractivity contribution < 1.29 is 14.6 Å². The molecule has 26 heavy (non-hydrogen) atoms. The van der Waals surface area contributed by atoms with Crippen molar-refractivity contribution in [3.8, 4) is 11.5 Å². The first-order valence-electron chi connectivity index (χ1n) is 7.96. The van der Waals surface area contributed by atoms with Crippen LogP contribution in [0.2, 0.25) is 0 Å². The minimum absolute atomic E-state index is 0.135. The van der Waals surface area contributed by atoms with Crippen LogP contribution in [0.3, 0.4) is 0 Å². The molecule has 0 atom stereocenters. The van der Waals surface area contributed by atoms with Crippen LogP contribution in [-0.4, -0.2) is 23.8 Å². The highest BCUT2D eigenvalue weighted by molar-refractivity contribution is 9.10. The van der Waals surface area contributed by atoms with Gasteiger partial charge in [0.15, 0.2) is 6.61 Å². The normalized spacial score (nSPS) is 11.0. The Morgan fingerprint density at radius 2 is 2.00 bits per heavy atom. The van der Waals surface area contributed by atoms with E-state index < -0.39 is 0 Å². The highest BCUT2D eigenvalue weighted by atomic mass is 79.9. The van der Waals surface area contributed by atoms with Crippen LogP contribution < -0.4 is 10.2 Å². The van der Waals surface area contributed by atoms with Crippen molar-refractivity contribution in [2.45, 2.75) is 6.92 Å². The van der Waals surface area contributed by atoms with E-state index in [1.54, 1.807) is 19.1 Å². The van der Waals surface area contributed by atoms with Gasteiger partial charge in [-0.05, 0) is 57.6 Å². The van der Waals surface area contributed by atoms with Crippen molar-refractivity contribution in [1.82, 2.24) is 5.43 Å². The molecule has 0 aliphatic heterocycles. The number of ether oxygens (including phenoxy) is 1. The predicted octanol–water partition coefficient (Wildman–Crippen LogP) is 4.15. The second kappa shape index (κ2) is 8.01. The lowest BCUT2D eigenvalue weighted by atomic mass is 10.1. The molecule has 0 spiro atoms. The minimum atomic E-state index is -0.358. The topological polar surface area (TPSA) is 70.9 Å². The molecule has 0 bridgehead atoms. The Hall–Kier alpha value is -2.86. The maximum atomic E-state index is 11.9. The number of benzene rings is 3. The van der Waals surface area contributed by atoms with Crippen molar-refractivity contribution >= 4 is 38.8 Å². The van der Waals surface area contributed by atoms with Gasteiger partial charge < -0.3 is 9.84 Å². The molecule has 0 saturated heterocycles. The Kier molecular flexibility index (Phi) is 5.53. The quantitative estimate of drug-likeness (QED) is 0.488. The number of hydrogen-bond donors (Lipinski definition) is 2. The number of halogens is 1. The van der Waals surface area contributed by atoms with Gasteiger partial charge in [0, 0.05) is 5.39 Å². The summed E-state index contributed by atoms with van der Waals surface area (Å²) >= 11 is 3.27. The van der Waals surface area contributed by atoms with Crippen molar-refractivity contribution in [2.24, 2.45) is 5.10 Å². The summed E-state index contributed by atoms with van der Waals surface area (Å²) in [5, 5.41) is 15.6. The third-order valence-corrected chi connectivity index (χ3v) is 4.39. The molecule has 6 heteroatoms. The lowest BCUT2D eigenvalue weighted by molar-refractivity contribution is -0.123. The Morgan fingerprint density at radius 1 is 1.23 bits per heavy atom. The van der Waals surface area contributed by atoms with E-state index >= 15 is 0 Å². The molecule has 0 aliphatic rings. The van der Waals surface area contributed by atoms with Crippen LogP contribution in [0.4, 0.5) is 0 Å². The van der Waals surface area contributed by atoms with Gasteiger partial charge in [-0.15, -0.1) is 0 Å². The van der Waals surface area contributed by atoms with Crippen LogP contribution in [0.25, 0.3) is 10.8 Å². The second-order valence-electron chi connectivity index (χ2n) is 5.73. The number of hydrogen-bond acceptors (Lipinski definition) is 4. The number of hydrazone groups is 1. The Labute approximate surface area is 159 Å². The van der Waals surface area contributed by atoms with E-state index in [1.165, 1.54) is 6.21 Å². The molecule has 0 heterocycles. The lowest BCUT2D eigenvalue weighted by Gasteiger charge is -2.08. The third-order valence-electron chi connectivity index (χ3n) is 3.79. The van der Waals surface area contributed by atoms with Crippen molar-refractivity contribution in [2.75, 3.05) is 6.61 Å². The molecule has 3 rings (SSSR count). The number of nitrogens with one attached hydrogen (secondary N) is 1. The van der Waals surface area contributed by atoms with Gasteiger partial charge in [0.1, 0.15) is 11.5 Å². The van der Waals surface area contributed by atoms with Gasteiger partial charge in [0.25, 0.3) is 5.91 Å². The summed E-state index contributed by atoms with van der Waals surface area (Å²) in [6.07, 6.45) is 1.51. The molecule has 3 aromatic rings. The molecule has 132 valence electrons. The van der Waals surface area contributed by atoms with Gasteiger partial charge in [-0.25, -0.2) is 5.43 Å². The fraction of sp³-hybridized carbons (Fsp3) is 0.100. The Morgan fingerprint density at radius 3 is 2.81 bits per heavy atom. The lowest BCUT2D eigenvalue weighted by Crippen LogP contribution is -2.24. The van der Waals surface area contributed by atoms with Crippen molar-refractivity contribution in [3.63, 3.8) is 0 Å². The van der Waals surface area contributed by atoms with Crippen LogP contribution in [0, 0.1) is 6.92 Å². The number of rotatable bonds is 5. The number of carbonyl (C=O) groups excluding carboxylic acids is 1. The first-order chi connectivity index (χ1) is 12.5. The first kappa shape index (κ1) is 17.9. The van der Waals surface area contributed by atoms with Crippen LogP contribution in [0.15, 0.2) is 64.2 Å². The number of aromatic hydroxyl groups is 1. The summed E-state index contributed by atoms with van der Waals surface area (Å²) in [7, 11) is 0. The zero-order valence-electron chi connectivity index (χ0n) is 14.1. The third kappa shape index (κ3) is 4.21. The van der Waals surface area contributed by atoms with Crippen LogP contribution in [0.1, 0.15) is 11.1 Å². The second-order valence-corrected chi connectivity index (χ2v) is 6.58. The number of phenolic OH excluding ortho intramolecular Hbond substituents is 1. The van der Waals surface area contributed by atoms with Gasteiger partial charge in [-0.2, -0.15) is 5.10 Å². The van der Waals surface area contributed by atoms with E-state index in [1.807, 2.05) is 42.5 Å². The largest absolute Gasteiger partial charge is 0.506 e. The summed E-state index contributed by atoms with van der Waals surface area (Å²) in [5.41, 5.74) is 3.90. The molecule has 3 aromatic carbocycles. The molecule has 2 N–H and O–H groups in total. The van der Waals surface area contributed by atoms with E-state index in [0.29, 0.717) is 15.8 Å². The van der Waals surface area contributed by atoms with E-state index in [4.69, 9.17) is 4.74 Å². The van der Waals surface area contributed by atoms with Crippen LogP contribution in [-0.2, 0) is 4.79 Å². The number of carbonyl (C=O) groups is 1. The zero-order chi connectivity index (χ0) is 18.5. The van der Waals surface area contributed by atoms with Crippen molar-refractivity contribution in [3.05, 3.63) is 70.2 Å². The number of phenols is 1. The molecule has 5 nitrogen and oxygen atoms in total. The van der Waals surface area contributed by atoms with Crippen LogP contribution >= 0.6 is 15.9 Å². The van der Waals surface area contributed by atoms with E-state index in [0.717, 1.165) is 16.3 Å². The average molecular weight is 413 g/mol. The maximum Gasteiger partial charge on any atom is 0.277 e. The summed E-state index contributed by atoms with van der Waals surface area (Å²) < 4.78 is 6.18. The summed E-state index contributed by atoms with van der Waals surface area (Å²) in [6, 6.07) is 17.0. The number of fused-ring (bicyclic) bond motifs is 1. The molecule has 0 saturated carbocycles. The average Bonchev–Trinajstić information content (AvgIpc) is 2.64. The van der Waals surface area contributed by atoms with Gasteiger partial charge >= 0.3 is 0 Å². The monoisotopic (exact) mass is 412 g/mol. The minimum Gasteiger partial charge on any atom is -0.506 e. The SMILES string of the molecule is Cc1cc(/C=N/NC(=O)COc2cccc3ccccc23)cc(Br)c1O. The fourth-order valence-electron chi connectivity index (χ4n) is 2.51. The number of amides is 1. The fourth-order valence-corrected chi connectivity index (χ4v) is 3.09. The molecule has 0 radical (unpaired) electrons. The summed E-state index contributed by atoms with van der Waals surface area (Å²) in [5.74, 6) is 0.485. The molecule has 0 aromatic heterocycles. The van der Waals surface area contributed by atoms with E-state index in [-0.39, 0.29) is 18.3 Å². The molecule has 1 amide bonds. The summed E-state index contributed by atoms with van der Waals surface area (Å²) in [6.45, 7) is 1.65. The molecular weight excluding hydrogens is 396 g/mol. The van der Waals surface area contributed by atoms with Crippen molar-refractivity contribution in [1.29, 1.82) is 0 Å². The molecule has 0 aliphatic carbocycles. The van der Waals surface area contributed by atoms with Gasteiger partial charge in [-0.3, -0.25) is 4.79 Å². The number of aryl methyl sites for hydroxylation is 1. The van der Waals surface area contributed by atoms with Gasteiger partial charge in [0.05, 0.1) is 10.7 Å². The predicted molar refractivity (Wildman–Crippen MR) is 106 cm³/mol. The Bertz CT molecular complexity index is 957. The standard InChI is InChI=1S/C20H17BrN2O3/c1-13-9-14(10-17(21)20(13)25)11-22-23-19(24)12-26-18-8-4-6-15-5-2-3-7-16(15)18/h2-11,25H,12H2,1H3,(H,23,24)/b22-11+. The van der Waals surface area contributed by atoms with Gasteiger partial charge in [-0.1, -0.05) is 36.4 Å². The number of nitrogens with zero attached hydrogens (tertiary/aromatic N) is 1. The first-order valence-corrected chi connectivity index (χ1v) is 8.75. The molecule has 0 unspecified atom stereocenters. The molecular formula is C20H17BrN2O3. The Balaban J connectivity index is 1.59. The van der Waals surface area contributed by atoms with E-state index in [9.17, 15) is 9.90 Å². The maximum absolute atomic E-state index is 11.9. The van der Waals surface area contributed by atoms with Crippen LogP contribution in [0.5, 0.6) is 11.5 Å². The molecule has 0 fully saturated rings. The smallest absolute Gasteiger partial charge is 0.277 e.